The molecule has 186 valence electrons. The number of methoxy groups -OCH3 is 1. The standard InChI is InChI=1S/C26H31N3O5S/c1-5-24(26(31)27-2)29(17-19-10-13-22(34-4)14-11-19)25(30)18-28(3)35(32,33)23-15-12-20-8-6-7-9-21(20)16-23/h6-16,24H,5,17-18H2,1-4H3,(H,27,31)/t24-/m0/s1. The van der Waals surface area contributed by atoms with Crippen LogP contribution in [0.2, 0.25) is 0 Å². The minimum absolute atomic E-state index is 0.103. The second kappa shape index (κ2) is 11.3. The molecule has 1 atom stereocenters. The molecule has 8 nitrogen and oxygen atoms in total. The van der Waals surface area contributed by atoms with E-state index in [0.29, 0.717) is 12.2 Å². The lowest BCUT2D eigenvalue weighted by atomic mass is 10.1. The SMILES string of the molecule is CC[C@@H](C(=O)NC)N(Cc1ccc(OC)cc1)C(=O)CN(C)S(=O)(=O)c1ccc2ccccc2c1. The molecular weight excluding hydrogens is 466 g/mol. The van der Waals surface area contributed by atoms with E-state index < -0.39 is 28.5 Å². The number of benzene rings is 3. The molecule has 2 amide bonds. The van der Waals surface area contributed by atoms with E-state index in [1.54, 1.807) is 31.4 Å². The molecule has 0 saturated carbocycles. The summed E-state index contributed by atoms with van der Waals surface area (Å²) in [6, 6.07) is 18.8. The zero-order valence-corrected chi connectivity index (χ0v) is 21.2. The predicted molar refractivity (Wildman–Crippen MR) is 135 cm³/mol. The number of hydrogen-bond donors (Lipinski definition) is 1. The largest absolute Gasteiger partial charge is 0.497 e. The van der Waals surface area contributed by atoms with Crippen molar-refractivity contribution in [2.75, 3.05) is 27.7 Å². The van der Waals surface area contributed by atoms with Gasteiger partial charge in [0.2, 0.25) is 21.8 Å². The Morgan fingerprint density at radius 2 is 1.66 bits per heavy atom. The van der Waals surface area contributed by atoms with Gasteiger partial charge in [0.1, 0.15) is 11.8 Å². The molecule has 1 N–H and O–H groups in total. The molecule has 35 heavy (non-hydrogen) atoms. The zero-order valence-electron chi connectivity index (χ0n) is 20.4. The molecule has 0 aliphatic rings. The normalized spacial score (nSPS) is 12.4. The molecule has 0 aromatic heterocycles. The molecule has 0 fully saturated rings. The first-order chi connectivity index (χ1) is 16.7. The minimum Gasteiger partial charge on any atom is -0.497 e. The summed E-state index contributed by atoms with van der Waals surface area (Å²) < 4.78 is 32.7. The molecule has 3 rings (SSSR count). The van der Waals surface area contributed by atoms with Crippen LogP contribution in [0, 0.1) is 0 Å². The van der Waals surface area contributed by atoms with Gasteiger partial charge in [0.25, 0.3) is 0 Å². The number of ether oxygens (including phenoxy) is 1. The van der Waals surface area contributed by atoms with E-state index in [1.807, 2.05) is 43.3 Å². The van der Waals surface area contributed by atoms with Gasteiger partial charge in [0, 0.05) is 20.6 Å². The van der Waals surface area contributed by atoms with Gasteiger partial charge in [-0.1, -0.05) is 49.4 Å². The van der Waals surface area contributed by atoms with E-state index in [4.69, 9.17) is 4.74 Å². The van der Waals surface area contributed by atoms with Crippen LogP contribution in [0.1, 0.15) is 18.9 Å². The van der Waals surface area contributed by atoms with Crippen molar-refractivity contribution in [3.05, 3.63) is 72.3 Å². The van der Waals surface area contributed by atoms with Crippen LogP contribution in [-0.2, 0) is 26.2 Å². The number of hydrogen-bond acceptors (Lipinski definition) is 5. The van der Waals surface area contributed by atoms with Gasteiger partial charge >= 0.3 is 0 Å². The van der Waals surface area contributed by atoms with Gasteiger partial charge < -0.3 is 15.0 Å². The summed E-state index contributed by atoms with van der Waals surface area (Å²) in [6.07, 6.45) is 0.378. The maximum absolute atomic E-state index is 13.4. The van der Waals surface area contributed by atoms with Crippen LogP contribution in [0.5, 0.6) is 5.75 Å². The number of carbonyl (C=O) groups excluding carboxylic acids is 2. The topological polar surface area (TPSA) is 96.0 Å². The first kappa shape index (κ1) is 26.2. The highest BCUT2D eigenvalue weighted by Crippen LogP contribution is 2.22. The Morgan fingerprint density at radius 1 is 1.00 bits per heavy atom. The Kier molecular flexibility index (Phi) is 8.48. The quantitative estimate of drug-likeness (QED) is 0.465. The summed E-state index contributed by atoms with van der Waals surface area (Å²) >= 11 is 0. The van der Waals surface area contributed by atoms with Gasteiger partial charge in [-0.25, -0.2) is 8.42 Å². The third-order valence-corrected chi connectivity index (χ3v) is 7.73. The average Bonchev–Trinajstić information content (AvgIpc) is 2.88. The second-order valence-electron chi connectivity index (χ2n) is 8.18. The summed E-state index contributed by atoms with van der Waals surface area (Å²) in [4.78, 5) is 27.5. The second-order valence-corrected chi connectivity index (χ2v) is 10.2. The lowest BCUT2D eigenvalue weighted by Crippen LogP contribution is -2.51. The van der Waals surface area contributed by atoms with E-state index in [9.17, 15) is 18.0 Å². The van der Waals surface area contributed by atoms with Gasteiger partial charge in [0.05, 0.1) is 18.6 Å². The Bertz CT molecular complexity index is 1290. The molecule has 0 aliphatic heterocycles. The lowest BCUT2D eigenvalue weighted by molar-refractivity contribution is -0.141. The molecule has 0 unspecified atom stereocenters. The van der Waals surface area contributed by atoms with Crippen LogP contribution in [0.25, 0.3) is 10.8 Å². The Hall–Kier alpha value is -3.43. The van der Waals surface area contributed by atoms with Crippen molar-refractivity contribution in [1.82, 2.24) is 14.5 Å². The zero-order chi connectivity index (χ0) is 25.6. The number of sulfonamides is 1. The molecular formula is C26H31N3O5S. The molecule has 0 spiro atoms. The summed E-state index contributed by atoms with van der Waals surface area (Å²) in [5.74, 6) is -0.108. The fourth-order valence-electron chi connectivity index (χ4n) is 3.89. The summed E-state index contributed by atoms with van der Waals surface area (Å²) in [5, 5.41) is 4.31. The van der Waals surface area contributed by atoms with E-state index in [2.05, 4.69) is 5.32 Å². The van der Waals surface area contributed by atoms with Crippen LogP contribution < -0.4 is 10.1 Å². The van der Waals surface area contributed by atoms with Crippen LogP contribution in [-0.4, -0.2) is 63.2 Å². The average molecular weight is 498 g/mol. The monoisotopic (exact) mass is 497 g/mol. The van der Waals surface area contributed by atoms with E-state index in [0.717, 1.165) is 20.6 Å². The highest BCUT2D eigenvalue weighted by atomic mass is 32.2. The van der Waals surface area contributed by atoms with Crippen molar-refractivity contribution in [3.8, 4) is 5.75 Å². The number of carbonyl (C=O) groups is 2. The van der Waals surface area contributed by atoms with Crippen molar-refractivity contribution in [3.63, 3.8) is 0 Å². The fraction of sp³-hybridized carbons (Fsp3) is 0.308. The first-order valence-electron chi connectivity index (χ1n) is 11.3. The van der Waals surface area contributed by atoms with Crippen LogP contribution >= 0.6 is 0 Å². The summed E-state index contributed by atoms with van der Waals surface area (Å²) in [7, 11) is 0.516. The summed E-state index contributed by atoms with van der Waals surface area (Å²) in [5.41, 5.74) is 0.793. The number of nitrogens with one attached hydrogen (secondary N) is 1. The third kappa shape index (κ3) is 5.98. The smallest absolute Gasteiger partial charge is 0.243 e. The molecule has 0 aliphatic carbocycles. The lowest BCUT2D eigenvalue weighted by Gasteiger charge is -2.31. The van der Waals surface area contributed by atoms with Crippen LogP contribution in [0.3, 0.4) is 0 Å². The van der Waals surface area contributed by atoms with E-state index in [1.165, 1.54) is 25.1 Å². The summed E-state index contributed by atoms with van der Waals surface area (Å²) in [6.45, 7) is 1.56. The highest BCUT2D eigenvalue weighted by Gasteiger charge is 2.31. The van der Waals surface area contributed by atoms with Crippen molar-refractivity contribution in [2.45, 2.75) is 30.8 Å². The number of amides is 2. The number of fused-ring (bicyclic) bond motifs is 1. The molecule has 3 aromatic carbocycles. The van der Waals surface area contributed by atoms with E-state index >= 15 is 0 Å². The van der Waals surface area contributed by atoms with Gasteiger partial charge in [-0.15, -0.1) is 0 Å². The third-order valence-electron chi connectivity index (χ3n) is 5.93. The van der Waals surface area contributed by atoms with Gasteiger partial charge in [-0.05, 0) is 47.0 Å². The van der Waals surface area contributed by atoms with Crippen molar-refractivity contribution < 1.29 is 22.7 Å². The van der Waals surface area contributed by atoms with Gasteiger partial charge in [-0.3, -0.25) is 9.59 Å². The van der Waals surface area contributed by atoms with E-state index in [-0.39, 0.29) is 17.3 Å². The number of rotatable bonds is 10. The molecule has 3 aromatic rings. The maximum Gasteiger partial charge on any atom is 0.243 e. The fourth-order valence-corrected chi connectivity index (χ4v) is 5.04. The van der Waals surface area contributed by atoms with Gasteiger partial charge in [0.15, 0.2) is 0 Å². The predicted octanol–water partition coefficient (Wildman–Crippen LogP) is 3.02. The van der Waals surface area contributed by atoms with Crippen molar-refractivity contribution in [2.24, 2.45) is 0 Å². The molecule has 0 radical (unpaired) electrons. The van der Waals surface area contributed by atoms with Crippen LogP contribution in [0.15, 0.2) is 71.6 Å². The van der Waals surface area contributed by atoms with Crippen LogP contribution in [0.4, 0.5) is 0 Å². The minimum atomic E-state index is -3.93. The van der Waals surface area contributed by atoms with Gasteiger partial charge in [-0.2, -0.15) is 4.31 Å². The van der Waals surface area contributed by atoms with Crippen molar-refractivity contribution in [1.29, 1.82) is 0 Å². The molecule has 0 saturated heterocycles. The molecule has 0 heterocycles. The number of nitrogens with zero attached hydrogens (tertiary/aromatic N) is 2. The number of likely N-dealkylation sites (N-methyl/N-ethyl adjacent to an activating group) is 2. The molecule has 9 heteroatoms. The first-order valence-corrected chi connectivity index (χ1v) is 12.7. The molecule has 0 bridgehead atoms. The Morgan fingerprint density at radius 3 is 2.26 bits per heavy atom. The maximum atomic E-state index is 13.4. The Balaban J connectivity index is 1.86. The highest BCUT2D eigenvalue weighted by molar-refractivity contribution is 7.89. The van der Waals surface area contributed by atoms with Crippen molar-refractivity contribution >= 4 is 32.6 Å². The Labute approximate surface area is 206 Å².